The van der Waals surface area contributed by atoms with E-state index in [0.717, 1.165) is 38.1 Å². The quantitative estimate of drug-likeness (QED) is 0.845. The van der Waals surface area contributed by atoms with Crippen LogP contribution in [0.5, 0.6) is 5.75 Å². The van der Waals surface area contributed by atoms with Crippen molar-refractivity contribution in [1.82, 2.24) is 5.32 Å². The average Bonchev–Trinajstić information content (AvgIpc) is 2.32. The first-order valence-corrected chi connectivity index (χ1v) is 5.71. The van der Waals surface area contributed by atoms with Crippen LogP contribution in [0.4, 0.5) is 17.6 Å². The van der Waals surface area contributed by atoms with Crippen molar-refractivity contribution in [2.45, 2.75) is 25.1 Å². The number of hydrogen-bond acceptors (Lipinski definition) is 2. The first kappa shape index (κ1) is 16.0. The van der Waals surface area contributed by atoms with Gasteiger partial charge in [0.25, 0.3) is 0 Å². The van der Waals surface area contributed by atoms with Crippen molar-refractivity contribution in [2.75, 3.05) is 13.1 Å². The molecule has 19 heavy (non-hydrogen) atoms. The summed E-state index contributed by atoms with van der Waals surface area (Å²) >= 11 is 0. The van der Waals surface area contributed by atoms with Crippen molar-refractivity contribution >= 4 is 12.4 Å². The molecule has 1 aliphatic heterocycles. The molecule has 0 spiro atoms. The molecule has 1 aromatic rings. The van der Waals surface area contributed by atoms with E-state index in [4.69, 9.17) is 4.74 Å². The Hall–Kier alpha value is -1.01. The molecule has 1 fully saturated rings. The highest BCUT2D eigenvalue weighted by Crippen LogP contribution is 2.32. The van der Waals surface area contributed by atoms with Gasteiger partial charge in [0.15, 0.2) is 11.6 Å². The second-order valence-electron chi connectivity index (χ2n) is 4.21. The lowest BCUT2D eigenvalue weighted by Gasteiger charge is -2.24. The Bertz CT molecular complexity index is 419. The van der Waals surface area contributed by atoms with E-state index in [1.54, 1.807) is 0 Å². The fourth-order valence-corrected chi connectivity index (χ4v) is 1.87. The van der Waals surface area contributed by atoms with Gasteiger partial charge in [-0.2, -0.15) is 13.2 Å². The van der Waals surface area contributed by atoms with Crippen molar-refractivity contribution < 1.29 is 22.3 Å². The number of halogens is 5. The Kier molecular flexibility index (Phi) is 5.43. The van der Waals surface area contributed by atoms with Crippen molar-refractivity contribution in [3.05, 3.63) is 29.6 Å². The largest absolute Gasteiger partial charge is 0.487 e. The molecule has 108 valence electrons. The Morgan fingerprint density at radius 1 is 1.16 bits per heavy atom. The molecule has 1 N–H and O–H groups in total. The maximum absolute atomic E-state index is 13.5. The molecule has 0 saturated carbocycles. The second kappa shape index (κ2) is 6.43. The zero-order valence-electron chi connectivity index (χ0n) is 9.97. The summed E-state index contributed by atoms with van der Waals surface area (Å²) in [5.74, 6) is -1.08. The van der Waals surface area contributed by atoms with Gasteiger partial charge in [-0.25, -0.2) is 4.39 Å². The number of hydrogen-bond donors (Lipinski definition) is 1. The van der Waals surface area contributed by atoms with E-state index in [0.29, 0.717) is 6.07 Å². The second-order valence-corrected chi connectivity index (χ2v) is 4.21. The molecule has 1 aliphatic rings. The molecule has 0 radical (unpaired) electrons. The van der Waals surface area contributed by atoms with Gasteiger partial charge in [-0.05, 0) is 44.1 Å². The summed E-state index contributed by atoms with van der Waals surface area (Å²) in [6.07, 6.45) is -3.23. The van der Waals surface area contributed by atoms with Crippen molar-refractivity contribution in [1.29, 1.82) is 0 Å². The lowest BCUT2D eigenvalue weighted by atomic mass is 10.1. The summed E-state index contributed by atoms with van der Waals surface area (Å²) in [5.41, 5.74) is -1.00. The van der Waals surface area contributed by atoms with Gasteiger partial charge in [-0.3, -0.25) is 0 Å². The van der Waals surface area contributed by atoms with Crippen LogP contribution < -0.4 is 10.1 Å². The Labute approximate surface area is 114 Å². The van der Waals surface area contributed by atoms with E-state index in [9.17, 15) is 17.6 Å². The molecule has 0 atom stereocenters. The number of piperidine rings is 1. The lowest BCUT2D eigenvalue weighted by Crippen LogP contribution is -2.34. The standard InChI is InChI=1S/C12H13F4NO.ClH/c13-10-7-8(12(14,15)16)1-2-11(10)18-9-3-5-17-6-4-9;/h1-2,7,9,17H,3-6H2;1H. The van der Waals surface area contributed by atoms with Gasteiger partial charge in [0.2, 0.25) is 0 Å². The van der Waals surface area contributed by atoms with E-state index in [1.807, 2.05) is 0 Å². The van der Waals surface area contributed by atoms with Crippen molar-refractivity contribution in [3.8, 4) is 5.75 Å². The predicted molar refractivity (Wildman–Crippen MR) is 65.2 cm³/mol. The lowest BCUT2D eigenvalue weighted by molar-refractivity contribution is -0.137. The molecule has 1 aromatic carbocycles. The number of benzene rings is 1. The van der Waals surface area contributed by atoms with E-state index in [-0.39, 0.29) is 24.3 Å². The summed E-state index contributed by atoms with van der Waals surface area (Å²) in [6.45, 7) is 1.54. The maximum Gasteiger partial charge on any atom is 0.416 e. The first-order valence-electron chi connectivity index (χ1n) is 5.71. The third kappa shape index (κ3) is 4.24. The average molecular weight is 300 g/mol. The van der Waals surface area contributed by atoms with Gasteiger partial charge in [0, 0.05) is 0 Å². The molecular formula is C12H14ClF4NO. The summed E-state index contributed by atoms with van der Waals surface area (Å²) in [6, 6.07) is 2.34. The van der Waals surface area contributed by atoms with Crippen molar-refractivity contribution in [2.24, 2.45) is 0 Å². The van der Waals surface area contributed by atoms with Gasteiger partial charge in [-0.15, -0.1) is 12.4 Å². The topological polar surface area (TPSA) is 21.3 Å². The van der Waals surface area contributed by atoms with Gasteiger partial charge >= 0.3 is 6.18 Å². The minimum Gasteiger partial charge on any atom is -0.487 e. The van der Waals surface area contributed by atoms with E-state index >= 15 is 0 Å². The van der Waals surface area contributed by atoms with Crippen LogP contribution in [-0.4, -0.2) is 19.2 Å². The molecule has 1 saturated heterocycles. The molecule has 7 heteroatoms. The van der Waals surface area contributed by atoms with Gasteiger partial charge in [-0.1, -0.05) is 0 Å². The summed E-state index contributed by atoms with van der Waals surface area (Å²) < 4.78 is 55.9. The molecule has 0 aliphatic carbocycles. The molecule has 0 aromatic heterocycles. The van der Waals surface area contributed by atoms with Crippen LogP contribution in [-0.2, 0) is 6.18 Å². The zero-order valence-corrected chi connectivity index (χ0v) is 10.8. The third-order valence-corrected chi connectivity index (χ3v) is 2.84. The molecule has 2 rings (SSSR count). The molecule has 0 bridgehead atoms. The van der Waals surface area contributed by atoms with Crippen LogP contribution in [0.15, 0.2) is 18.2 Å². The Morgan fingerprint density at radius 2 is 1.79 bits per heavy atom. The molecule has 2 nitrogen and oxygen atoms in total. The Balaban J connectivity index is 0.00000180. The summed E-state index contributed by atoms with van der Waals surface area (Å²) in [7, 11) is 0. The van der Waals surface area contributed by atoms with Gasteiger partial charge < -0.3 is 10.1 Å². The molecular weight excluding hydrogens is 286 g/mol. The fraction of sp³-hybridized carbons (Fsp3) is 0.500. The number of ether oxygens (including phenoxy) is 1. The third-order valence-electron chi connectivity index (χ3n) is 2.84. The highest BCUT2D eigenvalue weighted by atomic mass is 35.5. The minimum absolute atomic E-state index is 0. The first-order chi connectivity index (χ1) is 8.47. The van der Waals surface area contributed by atoms with Crippen LogP contribution in [0, 0.1) is 5.82 Å². The van der Waals surface area contributed by atoms with Crippen LogP contribution >= 0.6 is 12.4 Å². The summed E-state index contributed by atoms with van der Waals surface area (Å²) in [5, 5.41) is 3.12. The van der Waals surface area contributed by atoms with E-state index in [1.165, 1.54) is 0 Å². The minimum atomic E-state index is -4.53. The molecule has 0 amide bonds. The summed E-state index contributed by atoms with van der Waals surface area (Å²) in [4.78, 5) is 0. The molecule has 0 unspecified atom stereocenters. The van der Waals surface area contributed by atoms with E-state index < -0.39 is 17.6 Å². The van der Waals surface area contributed by atoms with Crippen molar-refractivity contribution in [3.63, 3.8) is 0 Å². The Morgan fingerprint density at radius 3 is 2.32 bits per heavy atom. The highest BCUT2D eigenvalue weighted by molar-refractivity contribution is 5.85. The van der Waals surface area contributed by atoms with Crippen LogP contribution in [0.1, 0.15) is 18.4 Å². The van der Waals surface area contributed by atoms with Crippen LogP contribution in [0.3, 0.4) is 0 Å². The number of nitrogens with one attached hydrogen (secondary N) is 1. The zero-order chi connectivity index (χ0) is 13.2. The maximum atomic E-state index is 13.5. The van der Waals surface area contributed by atoms with E-state index in [2.05, 4.69) is 5.32 Å². The highest BCUT2D eigenvalue weighted by Gasteiger charge is 2.31. The monoisotopic (exact) mass is 299 g/mol. The smallest absolute Gasteiger partial charge is 0.416 e. The number of rotatable bonds is 2. The van der Waals surface area contributed by atoms with Crippen LogP contribution in [0.25, 0.3) is 0 Å². The van der Waals surface area contributed by atoms with Gasteiger partial charge in [0.1, 0.15) is 6.10 Å². The van der Waals surface area contributed by atoms with Gasteiger partial charge in [0.05, 0.1) is 5.56 Å². The normalized spacial score (nSPS) is 16.8. The SMILES string of the molecule is Cl.Fc1cc(C(F)(F)F)ccc1OC1CCNCC1. The number of alkyl halides is 3. The van der Waals surface area contributed by atoms with Crippen LogP contribution in [0.2, 0.25) is 0 Å². The fourth-order valence-electron chi connectivity index (χ4n) is 1.87. The predicted octanol–water partition coefficient (Wildman–Crippen LogP) is 3.40. The molecule has 1 heterocycles.